The third-order valence-electron chi connectivity index (χ3n) is 3.42. The molecule has 24 heavy (non-hydrogen) atoms. The average Bonchev–Trinajstić information content (AvgIpc) is 2.77. The summed E-state index contributed by atoms with van der Waals surface area (Å²) in [5.41, 5.74) is 0.462. The van der Waals surface area contributed by atoms with E-state index >= 15 is 0 Å². The molecule has 2 N–H and O–H groups in total. The van der Waals surface area contributed by atoms with Crippen molar-refractivity contribution in [3.05, 3.63) is 33.7 Å². The van der Waals surface area contributed by atoms with E-state index in [4.69, 9.17) is 28.9 Å². The van der Waals surface area contributed by atoms with E-state index in [1.807, 2.05) is 0 Å². The van der Waals surface area contributed by atoms with E-state index < -0.39 is 5.97 Å². The monoisotopic (exact) mass is 385 g/mol. The van der Waals surface area contributed by atoms with Gasteiger partial charge in [-0.05, 0) is 37.1 Å². The van der Waals surface area contributed by atoms with E-state index in [9.17, 15) is 14.7 Å². The zero-order valence-electron chi connectivity index (χ0n) is 12.7. The molecule has 8 heteroatoms. The number of aromatic hydroxyl groups is 1. The van der Waals surface area contributed by atoms with Crippen LogP contribution in [0, 0.1) is 0 Å². The van der Waals surface area contributed by atoms with Crippen LogP contribution < -0.4 is 0 Å². The van der Waals surface area contributed by atoms with E-state index in [0.29, 0.717) is 39.2 Å². The number of amides is 1. The molecule has 0 atom stereocenters. The van der Waals surface area contributed by atoms with Gasteiger partial charge in [-0.2, -0.15) is 0 Å². The number of carboxylic acids is 1. The number of aliphatic carboxylic acids is 1. The van der Waals surface area contributed by atoms with Crippen LogP contribution in [0.1, 0.15) is 31.2 Å². The Morgan fingerprint density at radius 2 is 2.08 bits per heavy atom. The van der Waals surface area contributed by atoms with Crippen LogP contribution in [0.5, 0.6) is 5.75 Å². The minimum Gasteiger partial charge on any atom is -0.507 e. The van der Waals surface area contributed by atoms with Gasteiger partial charge >= 0.3 is 5.97 Å². The molecule has 0 radical (unpaired) electrons. The number of hydrogen-bond donors (Lipinski definition) is 2. The zero-order chi connectivity index (χ0) is 17.7. The van der Waals surface area contributed by atoms with Crippen molar-refractivity contribution in [3.63, 3.8) is 0 Å². The van der Waals surface area contributed by atoms with Gasteiger partial charge in [-0.3, -0.25) is 14.5 Å². The maximum Gasteiger partial charge on any atom is 0.303 e. The lowest BCUT2D eigenvalue weighted by Crippen LogP contribution is -2.29. The Bertz CT molecular complexity index is 705. The minimum atomic E-state index is -0.815. The maximum absolute atomic E-state index is 12.4. The molecular formula is C16H16ClNO4S2. The maximum atomic E-state index is 12.4. The summed E-state index contributed by atoms with van der Waals surface area (Å²) in [4.78, 5) is 24.8. The number of nitrogens with zero attached hydrogens (tertiary/aromatic N) is 1. The fourth-order valence-electron chi connectivity index (χ4n) is 2.20. The minimum absolute atomic E-state index is 0.0401. The molecule has 0 aliphatic carbocycles. The Hall–Kier alpha value is -1.57. The summed E-state index contributed by atoms with van der Waals surface area (Å²) in [7, 11) is 0. The number of phenolic OH excluding ortho intramolecular Hbond substituents is 1. The Kier molecular flexibility index (Phi) is 6.65. The number of halogens is 1. The number of unbranched alkanes of at least 4 members (excludes halogenated alkanes) is 2. The topological polar surface area (TPSA) is 77.8 Å². The molecule has 1 fully saturated rings. The van der Waals surface area contributed by atoms with Crippen molar-refractivity contribution in [1.82, 2.24) is 4.90 Å². The van der Waals surface area contributed by atoms with Crippen LogP contribution in [0.3, 0.4) is 0 Å². The molecule has 128 valence electrons. The number of rotatable bonds is 7. The smallest absolute Gasteiger partial charge is 0.303 e. The highest BCUT2D eigenvalue weighted by molar-refractivity contribution is 8.26. The number of benzene rings is 1. The quantitative estimate of drug-likeness (QED) is 0.421. The molecule has 1 heterocycles. The fourth-order valence-corrected chi connectivity index (χ4v) is 3.68. The molecule has 1 aromatic carbocycles. The van der Waals surface area contributed by atoms with Crippen molar-refractivity contribution in [2.75, 3.05) is 6.54 Å². The lowest BCUT2D eigenvalue weighted by atomic mass is 10.1. The standard InChI is InChI=1S/C16H16ClNO4S2/c17-11-5-6-12(19)10(8-11)9-13-15(22)18(16(23)24-13)7-3-1-2-4-14(20)21/h5-6,8-9,19H,1-4,7H2,(H,20,21)/b13-9+. The Labute approximate surface area is 154 Å². The van der Waals surface area contributed by atoms with Crippen LogP contribution >= 0.6 is 35.6 Å². The second-order valence-electron chi connectivity index (χ2n) is 5.24. The van der Waals surface area contributed by atoms with Crippen molar-refractivity contribution in [2.24, 2.45) is 0 Å². The summed E-state index contributed by atoms with van der Waals surface area (Å²) in [5, 5.41) is 18.9. The lowest BCUT2D eigenvalue weighted by Gasteiger charge is -2.13. The number of carboxylic acid groups (broad SMARTS) is 1. The molecule has 1 amide bonds. The first-order chi connectivity index (χ1) is 11.4. The Balaban J connectivity index is 1.99. The summed E-state index contributed by atoms with van der Waals surface area (Å²) in [6.45, 7) is 0.461. The highest BCUT2D eigenvalue weighted by Gasteiger charge is 2.31. The first kappa shape index (κ1) is 18.8. The predicted octanol–water partition coefficient (Wildman–Crippen LogP) is 3.89. The largest absolute Gasteiger partial charge is 0.507 e. The number of thioether (sulfide) groups is 1. The van der Waals surface area contributed by atoms with Gasteiger partial charge in [0, 0.05) is 23.6 Å². The first-order valence-electron chi connectivity index (χ1n) is 7.34. The van der Waals surface area contributed by atoms with Gasteiger partial charge in [0.1, 0.15) is 10.1 Å². The molecule has 0 spiro atoms. The highest BCUT2D eigenvalue weighted by Crippen LogP contribution is 2.34. The molecule has 1 aliphatic rings. The van der Waals surface area contributed by atoms with Crippen LogP contribution in [0.2, 0.25) is 5.02 Å². The molecule has 5 nitrogen and oxygen atoms in total. The van der Waals surface area contributed by atoms with Crippen LogP contribution in [0.4, 0.5) is 0 Å². The summed E-state index contributed by atoms with van der Waals surface area (Å²) in [6.07, 6.45) is 3.69. The van der Waals surface area contributed by atoms with Gasteiger partial charge in [-0.15, -0.1) is 0 Å². The Morgan fingerprint density at radius 1 is 1.33 bits per heavy atom. The summed E-state index contributed by atoms with van der Waals surface area (Å²) < 4.78 is 0.464. The summed E-state index contributed by atoms with van der Waals surface area (Å²) in [5.74, 6) is -0.981. The fraction of sp³-hybridized carbons (Fsp3) is 0.312. The SMILES string of the molecule is O=C(O)CCCCCN1C(=O)/C(=C\c2cc(Cl)ccc2O)SC1=S. The van der Waals surface area contributed by atoms with E-state index in [-0.39, 0.29) is 18.1 Å². The van der Waals surface area contributed by atoms with Gasteiger partial charge in [0.2, 0.25) is 0 Å². The summed E-state index contributed by atoms with van der Waals surface area (Å²) in [6, 6.07) is 4.61. The predicted molar refractivity (Wildman–Crippen MR) is 99.1 cm³/mol. The van der Waals surface area contributed by atoms with Crippen LogP contribution in [0.15, 0.2) is 23.1 Å². The van der Waals surface area contributed by atoms with Crippen molar-refractivity contribution in [1.29, 1.82) is 0 Å². The zero-order valence-corrected chi connectivity index (χ0v) is 15.1. The van der Waals surface area contributed by atoms with Crippen molar-refractivity contribution in [2.45, 2.75) is 25.7 Å². The van der Waals surface area contributed by atoms with Gasteiger partial charge in [0.25, 0.3) is 5.91 Å². The van der Waals surface area contributed by atoms with Crippen molar-refractivity contribution < 1.29 is 19.8 Å². The normalized spacial score (nSPS) is 16.2. The second-order valence-corrected chi connectivity index (χ2v) is 7.35. The number of carbonyl (C=O) groups excluding carboxylic acids is 1. The third-order valence-corrected chi connectivity index (χ3v) is 5.04. The summed E-state index contributed by atoms with van der Waals surface area (Å²) >= 11 is 12.3. The van der Waals surface area contributed by atoms with E-state index in [2.05, 4.69) is 0 Å². The van der Waals surface area contributed by atoms with E-state index in [1.165, 1.54) is 22.7 Å². The lowest BCUT2D eigenvalue weighted by molar-refractivity contribution is -0.137. The van der Waals surface area contributed by atoms with Gasteiger partial charge in [-0.25, -0.2) is 0 Å². The van der Waals surface area contributed by atoms with E-state index in [1.54, 1.807) is 18.2 Å². The van der Waals surface area contributed by atoms with Crippen molar-refractivity contribution >= 4 is 57.9 Å². The van der Waals surface area contributed by atoms with E-state index in [0.717, 1.165) is 6.42 Å². The van der Waals surface area contributed by atoms with Crippen molar-refractivity contribution in [3.8, 4) is 5.75 Å². The molecule has 0 unspecified atom stereocenters. The molecule has 2 rings (SSSR count). The number of thiocarbonyl (C=S) groups is 1. The third kappa shape index (κ3) is 4.96. The molecule has 0 saturated carbocycles. The van der Waals surface area contributed by atoms with Crippen LogP contribution in [-0.4, -0.2) is 37.9 Å². The van der Waals surface area contributed by atoms with Crippen LogP contribution in [-0.2, 0) is 9.59 Å². The molecule has 1 aromatic rings. The molecular weight excluding hydrogens is 370 g/mol. The molecule has 0 bridgehead atoms. The first-order valence-corrected chi connectivity index (χ1v) is 8.94. The Morgan fingerprint density at radius 3 is 2.79 bits per heavy atom. The molecule has 1 saturated heterocycles. The van der Waals surface area contributed by atoms with Gasteiger partial charge < -0.3 is 10.2 Å². The molecule has 1 aliphatic heterocycles. The highest BCUT2D eigenvalue weighted by atomic mass is 35.5. The number of hydrogen-bond acceptors (Lipinski definition) is 5. The number of carbonyl (C=O) groups is 2. The number of phenols is 1. The van der Waals surface area contributed by atoms with Gasteiger partial charge in [0.05, 0.1) is 4.91 Å². The van der Waals surface area contributed by atoms with Gasteiger partial charge in [0.15, 0.2) is 0 Å². The van der Waals surface area contributed by atoms with Crippen LogP contribution in [0.25, 0.3) is 6.08 Å². The van der Waals surface area contributed by atoms with Gasteiger partial charge in [-0.1, -0.05) is 42.0 Å². The molecule has 0 aromatic heterocycles. The average molecular weight is 386 g/mol. The second kappa shape index (κ2) is 8.50.